The minimum absolute atomic E-state index is 0.0543. The molecule has 33 heavy (non-hydrogen) atoms. The highest BCUT2D eigenvalue weighted by Gasteiger charge is 2.68. The summed E-state index contributed by atoms with van der Waals surface area (Å²) in [4.78, 5) is 49.3. The van der Waals surface area contributed by atoms with Crippen molar-refractivity contribution in [3.05, 3.63) is 65.7 Å². The molecule has 0 saturated carbocycles. The smallest absolute Gasteiger partial charge is 0.325 e. The number of fused-ring (bicyclic) bond motifs is 1. The van der Waals surface area contributed by atoms with Crippen molar-refractivity contribution in [2.24, 2.45) is 21.8 Å². The third-order valence-electron chi connectivity index (χ3n) is 6.66. The number of likely N-dealkylation sites (tertiary alicyclic amines) is 1. The Hall–Kier alpha value is -3.85. The second-order valence-corrected chi connectivity index (χ2v) is 8.54. The summed E-state index contributed by atoms with van der Waals surface area (Å²) in [7, 11) is 0. The van der Waals surface area contributed by atoms with Crippen molar-refractivity contribution >= 4 is 29.8 Å². The van der Waals surface area contributed by atoms with Crippen LogP contribution in [0.1, 0.15) is 23.6 Å². The molecule has 3 aliphatic rings. The van der Waals surface area contributed by atoms with Crippen LogP contribution >= 0.6 is 0 Å². The van der Waals surface area contributed by atoms with Crippen molar-refractivity contribution in [3.63, 3.8) is 0 Å². The summed E-state index contributed by atoms with van der Waals surface area (Å²) in [5.74, 6) is -4.44. The van der Waals surface area contributed by atoms with Gasteiger partial charge in [0.2, 0.25) is 11.8 Å². The van der Waals surface area contributed by atoms with E-state index in [1.54, 1.807) is 18.2 Å². The van der Waals surface area contributed by atoms with Crippen LogP contribution in [0.15, 0.2) is 64.6 Å². The lowest BCUT2D eigenvalue weighted by Crippen LogP contribution is -2.57. The first-order valence-corrected chi connectivity index (χ1v) is 10.6. The van der Waals surface area contributed by atoms with Gasteiger partial charge in [-0.15, -0.1) is 0 Å². The molecule has 168 valence electrons. The normalized spacial score (nSPS) is 28.3. The Morgan fingerprint density at radius 3 is 2.48 bits per heavy atom. The van der Waals surface area contributed by atoms with Crippen LogP contribution in [-0.4, -0.2) is 57.0 Å². The van der Waals surface area contributed by atoms with Gasteiger partial charge in [-0.1, -0.05) is 48.5 Å². The number of carboxylic acids is 1. The molecule has 0 aromatic heterocycles. The van der Waals surface area contributed by atoms with Crippen molar-refractivity contribution in [1.29, 1.82) is 0 Å². The third kappa shape index (κ3) is 3.32. The van der Waals surface area contributed by atoms with Gasteiger partial charge in [0.05, 0.1) is 24.9 Å². The number of aromatic hydroxyl groups is 1. The second-order valence-electron chi connectivity index (χ2n) is 8.54. The Kier molecular flexibility index (Phi) is 5.05. The van der Waals surface area contributed by atoms with Crippen LogP contribution in [0.2, 0.25) is 0 Å². The Morgan fingerprint density at radius 1 is 1.09 bits per heavy atom. The van der Waals surface area contributed by atoms with E-state index in [0.717, 1.165) is 10.5 Å². The number of amides is 2. The van der Waals surface area contributed by atoms with Crippen LogP contribution in [0.5, 0.6) is 5.75 Å². The first-order chi connectivity index (χ1) is 15.9. The maximum atomic E-state index is 13.6. The zero-order valence-electron chi connectivity index (χ0n) is 17.6. The average Bonchev–Trinajstić information content (AvgIpc) is 3.49. The quantitative estimate of drug-likeness (QED) is 0.577. The van der Waals surface area contributed by atoms with E-state index >= 15 is 0 Å². The Balaban J connectivity index is 1.60. The number of para-hydroxylation sites is 1. The number of imide groups is 1. The predicted molar refractivity (Wildman–Crippen MR) is 119 cm³/mol. The molecule has 2 amide bonds. The summed E-state index contributed by atoms with van der Waals surface area (Å²) in [5.41, 5.74) is -0.102. The Labute approximate surface area is 189 Å². The van der Waals surface area contributed by atoms with E-state index < -0.39 is 41.2 Å². The third-order valence-corrected chi connectivity index (χ3v) is 6.66. The number of nitrogens with zero attached hydrogens (tertiary/aromatic N) is 3. The van der Waals surface area contributed by atoms with Crippen LogP contribution < -0.4 is 5.32 Å². The molecule has 2 saturated heterocycles. The molecule has 3 N–H and O–H groups in total. The van der Waals surface area contributed by atoms with Gasteiger partial charge in [-0.3, -0.25) is 29.6 Å². The minimum Gasteiger partial charge on any atom is -0.508 e. The van der Waals surface area contributed by atoms with Crippen molar-refractivity contribution in [2.75, 3.05) is 6.54 Å². The molecular weight excluding hydrogens is 424 g/mol. The second kappa shape index (κ2) is 7.93. The molecule has 9 nitrogen and oxygen atoms in total. The molecule has 4 atom stereocenters. The molecule has 0 bridgehead atoms. The molecule has 0 aliphatic carbocycles. The van der Waals surface area contributed by atoms with E-state index in [1.165, 1.54) is 12.4 Å². The van der Waals surface area contributed by atoms with Gasteiger partial charge in [0.15, 0.2) is 0 Å². The molecule has 2 aromatic rings. The highest BCUT2D eigenvalue weighted by molar-refractivity contribution is 6.11. The number of aliphatic imine (C=N–C) groups is 2. The number of carboxylic acid groups (broad SMARTS) is 1. The van der Waals surface area contributed by atoms with E-state index in [2.05, 4.69) is 15.3 Å². The number of hydrogen-bond donors (Lipinski definition) is 3. The van der Waals surface area contributed by atoms with Crippen LogP contribution in [0.3, 0.4) is 0 Å². The molecule has 0 radical (unpaired) electrons. The van der Waals surface area contributed by atoms with Crippen molar-refractivity contribution in [1.82, 2.24) is 10.2 Å². The predicted octanol–water partition coefficient (Wildman–Crippen LogP) is 1.53. The first-order valence-electron chi connectivity index (χ1n) is 10.6. The number of rotatable bonds is 6. The van der Waals surface area contributed by atoms with Gasteiger partial charge in [0.25, 0.3) is 0 Å². The van der Waals surface area contributed by atoms with Crippen LogP contribution in [0.25, 0.3) is 0 Å². The van der Waals surface area contributed by atoms with E-state index in [1.807, 2.05) is 30.3 Å². The number of nitrogens with one attached hydrogen (secondary N) is 1. The lowest BCUT2D eigenvalue weighted by Gasteiger charge is -2.31. The SMILES string of the molecule is O=C1[C@@H]2[C@H](c3ccccc3O)N[C@@](CC3=NC=NC3)(C(=O)O)[C@H]2C(=O)N1Cc1ccccc1. The lowest BCUT2D eigenvalue weighted by molar-refractivity contribution is -0.151. The number of aliphatic carboxylic acids is 1. The zero-order chi connectivity index (χ0) is 23.2. The highest BCUT2D eigenvalue weighted by atomic mass is 16.4. The van der Waals surface area contributed by atoms with Crippen molar-refractivity contribution in [3.8, 4) is 5.75 Å². The van der Waals surface area contributed by atoms with Gasteiger partial charge in [-0.05, 0) is 11.6 Å². The monoisotopic (exact) mass is 446 g/mol. The summed E-state index contributed by atoms with van der Waals surface area (Å²) in [5, 5.41) is 23.9. The van der Waals surface area contributed by atoms with Gasteiger partial charge in [-0.2, -0.15) is 0 Å². The fraction of sp³-hybridized carbons (Fsp3) is 0.292. The summed E-state index contributed by atoms with van der Waals surface area (Å²) in [6, 6.07) is 14.7. The van der Waals surface area contributed by atoms with Gasteiger partial charge < -0.3 is 10.2 Å². The van der Waals surface area contributed by atoms with Gasteiger partial charge >= 0.3 is 5.97 Å². The minimum atomic E-state index is -1.76. The maximum Gasteiger partial charge on any atom is 0.325 e. The fourth-order valence-corrected chi connectivity index (χ4v) is 5.17. The van der Waals surface area contributed by atoms with E-state index in [9.17, 15) is 24.6 Å². The van der Waals surface area contributed by atoms with Crippen LogP contribution in [-0.2, 0) is 20.9 Å². The molecule has 2 aromatic carbocycles. The first kappa shape index (κ1) is 21.0. The van der Waals surface area contributed by atoms with E-state index in [0.29, 0.717) is 11.3 Å². The molecule has 3 aliphatic heterocycles. The molecule has 9 heteroatoms. The van der Waals surface area contributed by atoms with Gasteiger partial charge in [0, 0.05) is 23.7 Å². The highest BCUT2D eigenvalue weighted by Crippen LogP contribution is 2.51. The zero-order valence-corrected chi connectivity index (χ0v) is 17.6. The Bertz CT molecular complexity index is 1190. The standard InChI is InChI=1S/C24H22N4O5/c29-17-9-5-4-8-16(17)20-18-19(24(27-20,23(32)33)10-15-11-25-13-26-15)22(31)28(21(18)30)12-14-6-2-1-3-7-14/h1-9,13,18-20,27,29H,10-12H2,(H,32,33)/t18-,19+,20-,24+/m0/s1. The summed E-state index contributed by atoms with van der Waals surface area (Å²) < 4.78 is 0. The van der Waals surface area contributed by atoms with E-state index in [4.69, 9.17) is 0 Å². The number of hydrogen-bond acceptors (Lipinski definition) is 7. The van der Waals surface area contributed by atoms with Crippen molar-refractivity contribution in [2.45, 2.75) is 24.5 Å². The summed E-state index contributed by atoms with van der Waals surface area (Å²) in [6.07, 6.45) is 1.28. The summed E-state index contributed by atoms with van der Waals surface area (Å²) >= 11 is 0. The molecule has 0 spiro atoms. The number of phenols is 1. The largest absolute Gasteiger partial charge is 0.508 e. The van der Waals surface area contributed by atoms with Crippen LogP contribution in [0, 0.1) is 11.8 Å². The maximum absolute atomic E-state index is 13.6. The summed E-state index contributed by atoms with van der Waals surface area (Å²) in [6.45, 7) is 0.296. The molecule has 2 fully saturated rings. The Morgan fingerprint density at radius 2 is 1.82 bits per heavy atom. The molecule has 5 rings (SSSR count). The number of benzene rings is 2. The lowest BCUT2D eigenvalue weighted by atomic mass is 9.76. The average molecular weight is 446 g/mol. The molecular formula is C24H22N4O5. The molecule has 3 heterocycles. The topological polar surface area (TPSA) is 132 Å². The number of phenolic OH excluding ortho intramolecular Hbond substituents is 1. The number of carbonyl (C=O) groups excluding carboxylic acids is 2. The van der Waals surface area contributed by atoms with Gasteiger partial charge in [-0.25, -0.2) is 4.99 Å². The number of carbonyl (C=O) groups is 3. The van der Waals surface area contributed by atoms with Crippen LogP contribution in [0.4, 0.5) is 0 Å². The molecule has 0 unspecified atom stereocenters. The fourth-order valence-electron chi connectivity index (χ4n) is 5.17. The van der Waals surface area contributed by atoms with Crippen molar-refractivity contribution < 1.29 is 24.6 Å². The van der Waals surface area contributed by atoms with E-state index in [-0.39, 0.29) is 25.3 Å². The van der Waals surface area contributed by atoms with Gasteiger partial charge in [0.1, 0.15) is 17.6 Å².